The molecule has 3 heteroatoms. The summed E-state index contributed by atoms with van der Waals surface area (Å²) in [5.74, 6) is 0. The van der Waals surface area contributed by atoms with Crippen LogP contribution >= 0.6 is 31.9 Å². The van der Waals surface area contributed by atoms with Gasteiger partial charge in [-0.3, -0.25) is 0 Å². The smallest absolute Gasteiger partial charge is 0.0624 e. The molecular formula is C19H16Br2Si. The molecule has 0 saturated carbocycles. The fraction of sp³-hybridized carbons (Fsp3) is 0.0526. The molecule has 0 spiro atoms. The van der Waals surface area contributed by atoms with Crippen LogP contribution in [0.5, 0.6) is 0 Å². The second-order valence-electron chi connectivity index (χ2n) is 5.51. The Bertz CT molecular complexity index is 739. The van der Waals surface area contributed by atoms with Gasteiger partial charge in [0.05, 0.1) is 0 Å². The van der Waals surface area contributed by atoms with E-state index in [0.29, 0.717) is 0 Å². The zero-order valence-electron chi connectivity index (χ0n) is 12.3. The lowest BCUT2D eigenvalue weighted by Crippen LogP contribution is -2.64. The Balaban J connectivity index is 2.27. The van der Waals surface area contributed by atoms with Crippen LogP contribution in [-0.4, -0.2) is 8.07 Å². The second kappa shape index (κ2) is 6.53. The molecule has 0 atom stereocenters. The largest absolute Gasteiger partial charge is 0.145 e. The molecule has 0 radical (unpaired) electrons. The zero-order valence-corrected chi connectivity index (χ0v) is 16.4. The number of rotatable bonds is 3. The third kappa shape index (κ3) is 2.98. The molecule has 0 N–H and O–H groups in total. The molecule has 3 rings (SSSR count). The number of hydrogen-bond acceptors (Lipinski definition) is 0. The van der Waals surface area contributed by atoms with Crippen LogP contribution < -0.4 is 15.6 Å². The summed E-state index contributed by atoms with van der Waals surface area (Å²) >= 11 is 7.25. The summed E-state index contributed by atoms with van der Waals surface area (Å²) in [5, 5.41) is 4.24. The first-order valence-corrected chi connectivity index (χ1v) is 11.3. The van der Waals surface area contributed by atoms with Crippen molar-refractivity contribution in [3.05, 3.63) is 87.8 Å². The lowest BCUT2D eigenvalue weighted by atomic mass is 10.3. The van der Waals surface area contributed by atoms with Crippen molar-refractivity contribution in [2.24, 2.45) is 0 Å². The predicted octanol–water partition coefficient (Wildman–Crippen LogP) is 4.31. The minimum Gasteiger partial charge on any atom is -0.0624 e. The highest BCUT2D eigenvalue weighted by atomic mass is 79.9. The molecular weight excluding hydrogens is 416 g/mol. The van der Waals surface area contributed by atoms with Gasteiger partial charge in [-0.2, -0.15) is 0 Å². The van der Waals surface area contributed by atoms with Gasteiger partial charge in [-0.05, 0) is 39.8 Å². The first-order valence-electron chi connectivity index (χ1n) is 7.18. The van der Waals surface area contributed by atoms with E-state index in [9.17, 15) is 0 Å². The molecule has 0 unspecified atom stereocenters. The summed E-state index contributed by atoms with van der Waals surface area (Å²) in [7, 11) is -2.00. The van der Waals surface area contributed by atoms with Crippen LogP contribution in [0.1, 0.15) is 0 Å². The molecule has 0 aliphatic heterocycles. The number of halogens is 2. The van der Waals surface area contributed by atoms with E-state index in [4.69, 9.17) is 0 Å². The molecule has 0 fully saturated rings. The molecule has 0 saturated heterocycles. The summed E-state index contributed by atoms with van der Waals surface area (Å²) in [5.41, 5.74) is 0. The maximum Gasteiger partial charge on any atom is 0.145 e. The molecule has 0 aliphatic rings. The van der Waals surface area contributed by atoms with Gasteiger partial charge in [0.25, 0.3) is 0 Å². The standard InChI is InChI=1S/C19H16Br2Si/c1-22(17-9-3-2-4-10-17,18-11-5-7-15(20)13-18)19-12-6-8-16(21)14-19/h2-14H,1H3. The van der Waals surface area contributed by atoms with E-state index in [1.54, 1.807) is 0 Å². The summed E-state index contributed by atoms with van der Waals surface area (Å²) in [6.45, 7) is 2.42. The highest BCUT2D eigenvalue weighted by Gasteiger charge is 2.34. The quantitative estimate of drug-likeness (QED) is 0.428. The lowest BCUT2D eigenvalue weighted by molar-refractivity contribution is 1.63. The van der Waals surface area contributed by atoms with E-state index in [1.807, 2.05) is 0 Å². The first-order chi connectivity index (χ1) is 10.6. The van der Waals surface area contributed by atoms with Crippen LogP contribution in [0.4, 0.5) is 0 Å². The van der Waals surface area contributed by atoms with Gasteiger partial charge in [0.2, 0.25) is 0 Å². The van der Waals surface area contributed by atoms with Crippen molar-refractivity contribution >= 4 is 55.5 Å². The summed E-state index contributed by atoms with van der Waals surface area (Å²) < 4.78 is 2.27. The third-order valence-corrected chi connectivity index (χ3v) is 9.56. The van der Waals surface area contributed by atoms with E-state index in [-0.39, 0.29) is 0 Å². The predicted molar refractivity (Wildman–Crippen MR) is 105 cm³/mol. The van der Waals surface area contributed by atoms with Gasteiger partial charge < -0.3 is 0 Å². The van der Waals surface area contributed by atoms with Crippen molar-refractivity contribution in [3.63, 3.8) is 0 Å². The van der Waals surface area contributed by atoms with E-state index in [1.165, 1.54) is 15.6 Å². The fourth-order valence-electron chi connectivity index (χ4n) is 2.87. The van der Waals surface area contributed by atoms with Gasteiger partial charge in [0.15, 0.2) is 0 Å². The average molecular weight is 432 g/mol. The van der Waals surface area contributed by atoms with Crippen LogP contribution in [-0.2, 0) is 0 Å². The first kappa shape index (κ1) is 15.7. The van der Waals surface area contributed by atoms with Crippen molar-refractivity contribution in [1.29, 1.82) is 0 Å². The Morgan fingerprint density at radius 3 is 1.50 bits per heavy atom. The lowest BCUT2D eigenvalue weighted by Gasteiger charge is -2.29. The molecule has 3 aromatic rings. The molecule has 110 valence electrons. The highest BCUT2D eigenvalue weighted by molar-refractivity contribution is 9.10. The zero-order chi connectivity index (χ0) is 15.6. The van der Waals surface area contributed by atoms with Gasteiger partial charge in [0, 0.05) is 8.95 Å². The maximum absolute atomic E-state index is 3.63. The molecule has 0 bridgehead atoms. The van der Waals surface area contributed by atoms with Gasteiger partial charge in [-0.15, -0.1) is 0 Å². The number of hydrogen-bond donors (Lipinski definition) is 0. The maximum atomic E-state index is 3.63. The normalized spacial score (nSPS) is 11.4. The molecule has 0 amide bonds. The van der Waals surface area contributed by atoms with Gasteiger partial charge in [-0.1, -0.05) is 93.0 Å². The minimum absolute atomic E-state index is 1.13. The van der Waals surface area contributed by atoms with Crippen LogP contribution in [0.3, 0.4) is 0 Å². The molecule has 0 aromatic heterocycles. The Morgan fingerprint density at radius 2 is 1.05 bits per heavy atom. The summed E-state index contributed by atoms with van der Waals surface area (Å²) in [6.07, 6.45) is 0. The Morgan fingerprint density at radius 1 is 0.591 bits per heavy atom. The molecule has 0 nitrogen and oxygen atoms in total. The van der Waals surface area contributed by atoms with E-state index in [2.05, 4.69) is 117 Å². The highest BCUT2D eigenvalue weighted by Crippen LogP contribution is 2.14. The summed E-state index contributed by atoms with van der Waals surface area (Å²) in [6, 6.07) is 28.3. The van der Waals surface area contributed by atoms with E-state index in [0.717, 1.165) is 8.95 Å². The van der Waals surface area contributed by atoms with Crippen LogP contribution in [0, 0.1) is 0 Å². The number of benzene rings is 3. The Labute approximate surface area is 149 Å². The van der Waals surface area contributed by atoms with Gasteiger partial charge in [-0.25, -0.2) is 0 Å². The van der Waals surface area contributed by atoms with Crippen LogP contribution in [0.25, 0.3) is 0 Å². The average Bonchev–Trinajstić information content (AvgIpc) is 2.55. The Kier molecular flexibility index (Phi) is 4.66. The van der Waals surface area contributed by atoms with Crippen molar-refractivity contribution in [1.82, 2.24) is 0 Å². The minimum atomic E-state index is -2.00. The van der Waals surface area contributed by atoms with Crippen molar-refractivity contribution in [2.75, 3.05) is 0 Å². The van der Waals surface area contributed by atoms with Crippen molar-refractivity contribution in [2.45, 2.75) is 6.55 Å². The van der Waals surface area contributed by atoms with Crippen LogP contribution in [0.2, 0.25) is 6.55 Å². The molecule has 3 aromatic carbocycles. The fourth-order valence-corrected chi connectivity index (χ4v) is 7.70. The Hall–Kier alpha value is -1.16. The van der Waals surface area contributed by atoms with Crippen molar-refractivity contribution in [3.8, 4) is 0 Å². The van der Waals surface area contributed by atoms with Crippen LogP contribution in [0.15, 0.2) is 87.8 Å². The topological polar surface area (TPSA) is 0 Å². The summed E-state index contributed by atoms with van der Waals surface area (Å²) in [4.78, 5) is 0. The van der Waals surface area contributed by atoms with Gasteiger partial charge in [0.1, 0.15) is 8.07 Å². The van der Waals surface area contributed by atoms with Gasteiger partial charge >= 0.3 is 0 Å². The monoisotopic (exact) mass is 430 g/mol. The molecule has 22 heavy (non-hydrogen) atoms. The van der Waals surface area contributed by atoms with E-state index >= 15 is 0 Å². The van der Waals surface area contributed by atoms with Crippen molar-refractivity contribution < 1.29 is 0 Å². The molecule has 0 aliphatic carbocycles. The van der Waals surface area contributed by atoms with E-state index < -0.39 is 8.07 Å². The third-order valence-electron chi connectivity index (χ3n) is 4.16. The SMILES string of the molecule is C[Si](c1ccccc1)(c1cccc(Br)c1)c1cccc(Br)c1. The second-order valence-corrected chi connectivity index (χ2v) is 11.3. The molecule has 0 heterocycles.